The first-order valence-corrected chi connectivity index (χ1v) is 21.3. The van der Waals surface area contributed by atoms with E-state index >= 15 is 9.13 Å². The van der Waals surface area contributed by atoms with Crippen molar-refractivity contribution in [2.45, 2.75) is 0 Å². The standard InChI is InChI=1S/C44H30Br2O2P2/c45-39-29-41(49(47,31-17-5-1-6-18-31)32-19-7-2-8-20-32)43(37-27-15-13-25-35(37)39)44-38-28-16-14-26-36(38)40(46)30-42(44)50(48,33-21-9-3-10-22-33)34-23-11-4-12-24-34/h1-30H. The third-order valence-corrected chi connectivity index (χ3v) is 16.8. The molecule has 0 aliphatic heterocycles. The van der Waals surface area contributed by atoms with Crippen LogP contribution in [0.5, 0.6) is 0 Å². The van der Waals surface area contributed by atoms with Gasteiger partial charge in [-0.05, 0) is 33.7 Å². The Hall–Kier alpha value is -4.30. The van der Waals surface area contributed by atoms with Crippen LogP contribution in [-0.4, -0.2) is 0 Å². The monoisotopic (exact) mass is 810 g/mol. The minimum Gasteiger partial charge on any atom is -0.309 e. The van der Waals surface area contributed by atoms with E-state index in [1.807, 2.05) is 158 Å². The molecule has 0 aliphatic rings. The molecule has 0 unspecified atom stereocenters. The smallest absolute Gasteiger partial charge is 0.171 e. The van der Waals surface area contributed by atoms with Crippen LogP contribution in [0.15, 0.2) is 191 Å². The molecule has 242 valence electrons. The first kappa shape index (κ1) is 32.9. The summed E-state index contributed by atoms with van der Waals surface area (Å²) in [5.41, 5.74) is 1.62. The zero-order valence-electron chi connectivity index (χ0n) is 26.8. The summed E-state index contributed by atoms with van der Waals surface area (Å²) in [6.45, 7) is 0. The number of hydrogen-bond acceptors (Lipinski definition) is 2. The van der Waals surface area contributed by atoms with Gasteiger partial charge in [-0.1, -0.05) is 202 Å². The second kappa shape index (κ2) is 13.4. The van der Waals surface area contributed by atoms with Gasteiger partial charge in [0.1, 0.15) is 0 Å². The van der Waals surface area contributed by atoms with Crippen LogP contribution in [0.3, 0.4) is 0 Å². The van der Waals surface area contributed by atoms with Crippen LogP contribution >= 0.6 is 46.1 Å². The van der Waals surface area contributed by atoms with Crippen LogP contribution in [0.2, 0.25) is 0 Å². The summed E-state index contributed by atoms with van der Waals surface area (Å²) in [6.07, 6.45) is 0. The second-order valence-electron chi connectivity index (χ2n) is 12.2. The largest absolute Gasteiger partial charge is 0.309 e. The van der Waals surface area contributed by atoms with Crippen molar-refractivity contribution < 1.29 is 9.13 Å². The Morgan fingerprint density at radius 2 is 0.560 bits per heavy atom. The predicted octanol–water partition coefficient (Wildman–Crippen LogP) is 10.5. The summed E-state index contributed by atoms with van der Waals surface area (Å²) in [4.78, 5) is 0. The second-order valence-corrected chi connectivity index (χ2v) is 19.3. The lowest BCUT2D eigenvalue weighted by Crippen LogP contribution is -2.30. The van der Waals surface area contributed by atoms with E-state index in [0.29, 0.717) is 10.6 Å². The number of benzene rings is 8. The minimum absolute atomic E-state index is 0.682. The van der Waals surface area contributed by atoms with E-state index in [1.54, 1.807) is 0 Å². The molecular formula is C44H30Br2O2P2. The van der Waals surface area contributed by atoms with Crippen molar-refractivity contribution in [1.82, 2.24) is 0 Å². The van der Waals surface area contributed by atoms with Crippen LogP contribution in [0.4, 0.5) is 0 Å². The first-order chi connectivity index (χ1) is 24.4. The zero-order valence-corrected chi connectivity index (χ0v) is 31.7. The molecule has 0 aromatic heterocycles. The molecule has 0 saturated carbocycles. The van der Waals surface area contributed by atoms with E-state index in [4.69, 9.17) is 0 Å². The van der Waals surface area contributed by atoms with Crippen molar-refractivity contribution >= 4 is 99.5 Å². The highest BCUT2D eigenvalue weighted by Gasteiger charge is 2.39. The average molecular weight is 812 g/mol. The maximum atomic E-state index is 16.4. The molecule has 0 fully saturated rings. The average Bonchev–Trinajstić information content (AvgIpc) is 3.19. The van der Waals surface area contributed by atoms with Gasteiger partial charge in [0.25, 0.3) is 0 Å². The van der Waals surface area contributed by atoms with Crippen molar-refractivity contribution in [2.24, 2.45) is 0 Å². The Labute approximate surface area is 308 Å². The molecule has 8 rings (SSSR count). The van der Waals surface area contributed by atoms with Crippen molar-refractivity contribution in [3.05, 3.63) is 191 Å². The third-order valence-electron chi connectivity index (χ3n) is 9.35. The number of rotatable bonds is 7. The van der Waals surface area contributed by atoms with Gasteiger partial charge in [-0.15, -0.1) is 0 Å². The molecule has 0 spiro atoms. The summed E-state index contributed by atoms with van der Waals surface area (Å²) >= 11 is 7.80. The van der Waals surface area contributed by atoms with E-state index in [0.717, 1.165) is 62.8 Å². The molecule has 0 radical (unpaired) electrons. The fourth-order valence-corrected chi connectivity index (χ4v) is 14.4. The summed E-state index contributed by atoms with van der Waals surface area (Å²) in [5.74, 6) is 0. The molecule has 0 atom stereocenters. The summed E-state index contributed by atoms with van der Waals surface area (Å²) in [6, 6.07) is 59.5. The molecule has 0 bridgehead atoms. The zero-order chi connectivity index (χ0) is 34.3. The van der Waals surface area contributed by atoms with Gasteiger partial charge >= 0.3 is 0 Å². The first-order valence-electron chi connectivity index (χ1n) is 16.3. The van der Waals surface area contributed by atoms with Crippen molar-refractivity contribution in [2.75, 3.05) is 0 Å². The van der Waals surface area contributed by atoms with Gasteiger partial charge in [0.05, 0.1) is 0 Å². The lowest BCUT2D eigenvalue weighted by atomic mass is 9.93. The van der Waals surface area contributed by atoms with Crippen molar-refractivity contribution in [1.29, 1.82) is 0 Å². The van der Waals surface area contributed by atoms with E-state index in [9.17, 15) is 0 Å². The molecule has 0 amide bonds. The molecule has 6 heteroatoms. The highest BCUT2D eigenvalue weighted by atomic mass is 79.9. The van der Waals surface area contributed by atoms with E-state index in [-0.39, 0.29) is 0 Å². The van der Waals surface area contributed by atoms with E-state index in [1.165, 1.54) is 0 Å². The van der Waals surface area contributed by atoms with Crippen LogP contribution in [-0.2, 0) is 9.13 Å². The Balaban J connectivity index is 1.63. The Morgan fingerprint density at radius 1 is 0.320 bits per heavy atom. The normalized spacial score (nSPS) is 12.0. The molecule has 50 heavy (non-hydrogen) atoms. The van der Waals surface area contributed by atoms with Gasteiger partial charge in [0.15, 0.2) is 14.3 Å². The van der Waals surface area contributed by atoms with E-state index < -0.39 is 14.3 Å². The quantitative estimate of drug-likeness (QED) is 0.150. The molecule has 8 aromatic carbocycles. The summed E-state index contributed by atoms with van der Waals surface area (Å²) < 4.78 is 34.5. The Bertz CT molecular complexity index is 2340. The lowest BCUT2D eigenvalue weighted by molar-refractivity contribution is 0.591. The Kier molecular flexibility index (Phi) is 8.84. The fraction of sp³-hybridized carbons (Fsp3) is 0. The highest BCUT2D eigenvalue weighted by Crippen LogP contribution is 2.53. The maximum absolute atomic E-state index is 16.4. The Morgan fingerprint density at radius 3 is 0.840 bits per heavy atom. The molecule has 2 nitrogen and oxygen atoms in total. The molecular weight excluding hydrogens is 782 g/mol. The molecule has 8 aromatic rings. The molecule has 0 N–H and O–H groups in total. The van der Waals surface area contributed by atoms with Crippen LogP contribution < -0.4 is 31.8 Å². The molecule has 0 saturated heterocycles. The maximum Gasteiger partial charge on any atom is 0.171 e. The van der Waals surface area contributed by atoms with Crippen LogP contribution in [0, 0.1) is 0 Å². The summed E-state index contributed by atoms with van der Waals surface area (Å²) in [5, 5.41) is 8.08. The molecule has 0 heterocycles. The van der Waals surface area contributed by atoms with Gasteiger partial charge in [-0.25, -0.2) is 0 Å². The number of fused-ring (bicyclic) bond motifs is 2. The topological polar surface area (TPSA) is 34.1 Å². The summed E-state index contributed by atoms with van der Waals surface area (Å²) in [7, 11) is -7.10. The highest BCUT2D eigenvalue weighted by molar-refractivity contribution is 9.11. The van der Waals surface area contributed by atoms with Gasteiger partial charge in [-0.2, -0.15) is 0 Å². The fourth-order valence-electron chi connectivity index (χ4n) is 7.06. The van der Waals surface area contributed by atoms with Gasteiger partial charge in [0, 0.05) is 51.9 Å². The number of hydrogen-bond donors (Lipinski definition) is 0. The lowest BCUT2D eigenvalue weighted by Gasteiger charge is -2.29. The van der Waals surface area contributed by atoms with Crippen LogP contribution in [0.1, 0.15) is 0 Å². The SMILES string of the molecule is O=P(c1ccccc1)(c1ccccc1)c1cc(Br)c2ccccc2c1-c1c(P(=O)(c2ccccc2)c2ccccc2)cc(Br)c2ccccc12. The van der Waals surface area contributed by atoms with Gasteiger partial charge < -0.3 is 9.13 Å². The van der Waals surface area contributed by atoms with Crippen LogP contribution in [0.25, 0.3) is 32.7 Å². The molecule has 0 aliphatic carbocycles. The third kappa shape index (κ3) is 5.38. The van der Waals surface area contributed by atoms with Crippen molar-refractivity contribution in [3.8, 4) is 11.1 Å². The van der Waals surface area contributed by atoms with Gasteiger partial charge in [0.2, 0.25) is 0 Å². The number of halogens is 2. The van der Waals surface area contributed by atoms with Gasteiger partial charge in [-0.3, -0.25) is 0 Å². The van der Waals surface area contributed by atoms with E-state index in [2.05, 4.69) is 56.1 Å². The predicted molar refractivity (Wildman–Crippen MR) is 221 cm³/mol. The minimum atomic E-state index is -3.55. The van der Waals surface area contributed by atoms with Crippen molar-refractivity contribution in [3.63, 3.8) is 0 Å².